The molecule has 21 heavy (non-hydrogen) atoms. The Morgan fingerprint density at radius 1 is 1.24 bits per heavy atom. The maximum absolute atomic E-state index is 12.1. The summed E-state index contributed by atoms with van der Waals surface area (Å²) in [5.41, 5.74) is 0.659. The standard InChI is InChI=1S/C15H17ClN4O/c16-11-4-3-5-12(10-11)18-15(21)19-14-8-9-17-20(14)13-6-1-2-7-13/h3-5,8-10,13H,1-2,6-7H2,(H2,18,19,21). The van der Waals surface area contributed by atoms with Crippen molar-refractivity contribution in [1.29, 1.82) is 0 Å². The molecule has 5 nitrogen and oxygen atoms in total. The Labute approximate surface area is 128 Å². The number of amides is 2. The molecular weight excluding hydrogens is 288 g/mol. The average Bonchev–Trinajstić information content (AvgIpc) is 3.08. The molecule has 1 aliphatic rings. The van der Waals surface area contributed by atoms with Crippen LogP contribution in [0.25, 0.3) is 0 Å². The Hall–Kier alpha value is -2.01. The van der Waals surface area contributed by atoms with Crippen LogP contribution >= 0.6 is 11.6 Å². The van der Waals surface area contributed by atoms with Crippen LogP contribution in [-0.2, 0) is 0 Å². The van der Waals surface area contributed by atoms with Gasteiger partial charge in [-0.2, -0.15) is 5.10 Å². The van der Waals surface area contributed by atoms with E-state index in [1.165, 1.54) is 12.8 Å². The molecule has 1 aromatic heterocycles. The van der Waals surface area contributed by atoms with Crippen LogP contribution in [0.4, 0.5) is 16.3 Å². The van der Waals surface area contributed by atoms with Gasteiger partial charge in [-0.1, -0.05) is 30.5 Å². The maximum Gasteiger partial charge on any atom is 0.324 e. The summed E-state index contributed by atoms with van der Waals surface area (Å²) in [5.74, 6) is 0.724. The predicted molar refractivity (Wildman–Crippen MR) is 83.8 cm³/mol. The summed E-state index contributed by atoms with van der Waals surface area (Å²) in [5, 5.41) is 10.5. The van der Waals surface area contributed by atoms with E-state index in [4.69, 9.17) is 11.6 Å². The molecule has 2 N–H and O–H groups in total. The highest BCUT2D eigenvalue weighted by atomic mass is 35.5. The first-order chi connectivity index (χ1) is 10.2. The summed E-state index contributed by atoms with van der Waals surface area (Å²) in [7, 11) is 0. The summed E-state index contributed by atoms with van der Waals surface area (Å²) in [6.45, 7) is 0. The predicted octanol–water partition coefficient (Wildman–Crippen LogP) is 4.30. The van der Waals surface area contributed by atoms with Gasteiger partial charge in [-0.3, -0.25) is 5.32 Å². The van der Waals surface area contributed by atoms with E-state index in [-0.39, 0.29) is 6.03 Å². The summed E-state index contributed by atoms with van der Waals surface area (Å²) in [4.78, 5) is 12.1. The molecular formula is C15H17ClN4O. The van der Waals surface area contributed by atoms with Crippen LogP contribution in [0.15, 0.2) is 36.5 Å². The van der Waals surface area contributed by atoms with Crippen LogP contribution in [0.1, 0.15) is 31.7 Å². The zero-order valence-electron chi connectivity index (χ0n) is 11.6. The zero-order valence-corrected chi connectivity index (χ0v) is 12.3. The van der Waals surface area contributed by atoms with Gasteiger partial charge in [0.25, 0.3) is 0 Å². The smallest absolute Gasteiger partial charge is 0.308 e. The van der Waals surface area contributed by atoms with Gasteiger partial charge in [0.2, 0.25) is 0 Å². The highest BCUT2D eigenvalue weighted by Gasteiger charge is 2.20. The molecule has 0 spiro atoms. The summed E-state index contributed by atoms with van der Waals surface area (Å²) in [6, 6.07) is 8.96. The Kier molecular flexibility index (Phi) is 4.10. The third-order valence-corrected chi connectivity index (χ3v) is 3.90. The van der Waals surface area contributed by atoms with Crippen molar-refractivity contribution in [1.82, 2.24) is 9.78 Å². The lowest BCUT2D eigenvalue weighted by molar-refractivity contribution is 0.262. The van der Waals surface area contributed by atoms with Gasteiger partial charge in [-0.25, -0.2) is 9.48 Å². The molecule has 2 amide bonds. The normalized spacial score (nSPS) is 15.1. The van der Waals surface area contributed by atoms with Gasteiger partial charge in [0.15, 0.2) is 0 Å². The molecule has 2 aromatic rings. The minimum Gasteiger partial charge on any atom is -0.308 e. The molecule has 1 aromatic carbocycles. The molecule has 0 atom stereocenters. The second-order valence-corrected chi connectivity index (χ2v) is 5.63. The number of hydrogen-bond acceptors (Lipinski definition) is 2. The van der Waals surface area contributed by atoms with Gasteiger partial charge in [-0.05, 0) is 31.0 Å². The number of aromatic nitrogens is 2. The minimum absolute atomic E-state index is 0.294. The average molecular weight is 305 g/mol. The van der Waals surface area contributed by atoms with Crippen LogP contribution in [-0.4, -0.2) is 15.8 Å². The van der Waals surface area contributed by atoms with E-state index in [0.717, 1.165) is 18.7 Å². The van der Waals surface area contributed by atoms with E-state index in [9.17, 15) is 4.79 Å². The summed E-state index contributed by atoms with van der Waals surface area (Å²) < 4.78 is 1.91. The van der Waals surface area contributed by atoms with E-state index >= 15 is 0 Å². The fraction of sp³-hybridized carbons (Fsp3) is 0.333. The van der Waals surface area contributed by atoms with Crippen molar-refractivity contribution in [3.05, 3.63) is 41.6 Å². The van der Waals surface area contributed by atoms with Gasteiger partial charge in [0, 0.05) is 16.8 Å². The van der Waals surface area contributed by atoms with E-state index in [1.807, 2.05) is 10.7 Å². The number of carbonyl (C=O) groups excluding carboxylic acids is 1. The van der Waals surface area contributed by atoms with Gasteiger partial charge in [-0.15, -0.1) is 0 Å². The monoisotopic (exact) mass is 304 g/mol. The highest BCUT2D eigenvalue weighted by Crippen LogP contribution is 2.31. The Balaban J connectivity index is 1.66. The number of hydrogen-bond donors (Lipinski definition) is 2. The Bertz CT molecular complexity index is 634. The van der Waals surface area contributed by atoms with E-state index in [0.29, 0.717) is 16.8 Å². The molecule has 0 aliphatic heterocycles. The van der Waals surface area contributed by atoms with Crippen LogP contribution in [0.3, 0.4) is 0 Å². The van der Waals surface area contributed by atoms with Crippen LogP contribution in [0.2, 0.25) is 5.02 Å². The molecule has 0 unspecified atom stereocenters. The molecule has 3 rings (SSSR count). The van der Waals surface area contributed by atoms with Gasteiger partial charge in [0.1, 0.15) is 5.82 Å². The minimum atomic E-state index is -0.294. The lowest BCUT2D eigenvalue weighted by Gasteiger charge is -2.15. The van der Waals surface area contributed by atoms with Crippen molar-refractivity contribution in [3.8, 4) is 0 Å². The first kappa shape index (κ1) is 13.9. The second kappa shape index (κ2) is 6.18. The molecule has 1 saturated carbocycles. The molecule has 110 valence electrons. The topological polar surface area (TPSA) is 59.0 Å². The summed E-state index contributed by atoms with van der Waals surface area (Å²) >= 11 is 5.90. The van der Waals surface area contributed by atoms with E-state index in [2.05, 4.69) is 15.7 Å². The number of nitrogens with one attached hydrogen (secondary N) is 2. The fourth-order valence-electron chi connectivity index (χ4n) is 2.70. The van der Waals surface area contributed by atoms with Crippen LogP contribution in [0, 0.1) is 0 Å². The molecule has 0 saturated heterocycles. The van der Waals surface area contributed by atoms with Crippen molar-refractivity contribution < 1.29 is 4.79 Å². The zero-order chi connectivity index (χ0) is 14.7. The summed E-state index contributed by atoms with van der Waals surface area (Å²) in [6.07, 6.45) is 6.39. The number of halogens is 1. The van der Waals surface area contributed by atoms with Crippen molar-refractivity contribution in [3.63, 3.8) is 0 Å². The number of nitrogens with zero attached hydrogens (tertiary/aromatic N) is 2. The SMILES string of the molecule is O=C(Nc1cccc(Cl)c1)Nc1ccnn1C1CCCC1. The van der Waals surface area contributed by atoms with E-state index < -0.39 is 0 Å². The van der Waals surface area contributed by atoms with Gasteiger partial charge in [0.05, 0.1) is 12.2 Å². The lowest BCUT2D eigenvalue weighted by atomic mass is 10.2. The van der Waals surface area contributed by atoms with Crippen molar-refractivity contribution in [2.45, 2.75) is 31.7 Å². The van der Waals surface area contributed by atoms with E-state index in [1.54, 1.807) is 30.5 Å². The number of benzene rings is 1. The van der Waals surface area contributed by atoms with Crippen molar-refractivity contribution in [2.24, 2.45) is 0 Å². The molecule has 0 radical (unpaired) electrons. The van der Waals surface area contributed by atoms with Crippen LogP contribution in [0.5, 0.6) is 0 Å². The van der Waals surface area contributed by atoms with Gasteiger partial charge >= 0.3 is 6.03 Å². The number of carbonyl (C=O) groups is 1. The largest absolute Gasteiger partial charge is 0.324 e. The molecule has 1 fully saturated rings. The third-order valence-electron chi connectivity index (χ3n) is 3.66. The molecule has 6 heteroatoms. The van der Waals surface area contributed by atoms with Gasteiger partial charge < -0.3 is 5.32 Å². The van der Waals surface area contributed by atoms with Crippen LogP contribution < -0.4 is 10.6 Å². The maximum atomic E-state index is 12.1. The fourth-order valence-corrected chi connectivity index (χ4v) is 2.89. The number of anilines is 2. The first-order valence-electron chi connectivity index (χ1n) is 7.09. The molecule has 1 aliphatic carbocycles. The number of urea groups is 1. The molecule has 0 bridgehead atoms. The highest BCUT2D eigenvalue weighted by molar-refractivity contribution is 6.30. The lowest BCUT2D eigenvalue weighted by Crippen LogP contribution is -2.22. The van der Waals surface area contributed by atoms with Crippen molar-refractivity contribution in [2.75, 3.05) is 10.6 Å². The van der Waals surface area contributed by atoms with Crippen molar-refractivity contribution >= 4 is 29.1 Å². The third kappa shape index (κ3) is 3.36. The number of rotatable bonds is 3. The Morgan fingerprint density at radius 3 is 2.81 bits per heavy atom. The quantitative estimate of drug-likeness (QED) is 0.888. The Morgan fingerprint density at radius 2 is 2.05 bits per heavy atom. The second-order valence-electron chi connectivity index (χ2n) is 5.19. The molecule has 1 heterocycles. The first-order valence-corrected chi connectivity index (χ1v) is 7.47.